The van der Waals surface area contributed by atoms with E-state index in [9.17, 15) is 24.0 Å². The van der Waals surface area contributed by atoms with Crippen molar-refractivity contribution in [2.24, 2.45) is 0 Å². The standard InChI is InChI=1S/C52H61N5O8/c1-47(2,3)65-45(62)51(10,11)54-41(58)48(4,5)55-44(61)52(56-43(60)49(6,7)53-42(59)50(8,9)57-46(63)64-31-32-19-13-12-14-20-32)29-35-27-25-33-21-15-17-23-37(33)39(35)40-36(30-52)28-26-34-22-16-18-24-38(34)40/h12-28H,29-31H2,1-11H3,(H,53,59)(H,54,58)(H,55,61)(H,56,60)(H,57,63). The zero-order chi connectivity index (χ0) is 47.8. The lowest BCUT2D eigenvalue weighted by atomic mass is 9.83. The summed E-state index contributed by atoms with van der Waals surface area (Å²) in [6.45, 7) is 17.2. The molecule has 0 saturated heterocycles. The molecule has 0 radical (unpaired) electrons. The Morgan fingerprint density at radius 2 is 0.954 bits per heavy atom. The van der Waals surface area contributed by atoms with Crippen LogP contribution in [0.4, 0.5) is 4.79 Å². The highest BCUT2D eigenvalue weighted by Gasteiger charge is 2.49. The fourth-order valence-electron chi connectivity index (χ4n) is 7.84. The van der Waals surface area contributed by atoms with Crippen LogP contribution in [0.3, 0.4) is 0 Å². The molecule has 13 heteroatoms. The van der Waals surface area contributed by atoms with E-state index in [1.807, 2.05) is 91.0 Å². The van der Waals surface area contributed by atoms with Crippen LogP contribution in [0.5, 0.6) is 0 Å². The van der Waals surface area contributed by atoms with Gasteiger partial charge in [0.15, 0.2) is 0 Å². The number of nitrogens with one attached hydrogen (secondary N) is 5. The van der Waals surface area contributed by atoms with E-state index in [1.165, 1.54) is 55.4 Å². The number of esters is 1. The molecule has 0 aliphatic heterocycles. The Bertz CT molecular complexity index is 2590. The van der Waals surface area contributed by atoms with Gasteiger partial charge in [-0.1, -0.05) is 103 Å². The molecule has 6 rings (SSSR count). The molecule has 0 fully saturated rings. The summed E-state index contributed by atoms with van der Waals surface area (Å²) in [6, 6.07) is 33.0. The van der Waals surface area contributed by atoms with E-state index in [-0.39, 0.29) is 19.4 Å². The van der Waals surface area contributed by atoms with Gasteiger partial charge in [-0.2, -0.15) is 0 Å². The van der Waals surface area contributed by atoms with Crippen molar-refractivity contribution in [3.8, 4) is 11.1 Å². The van der Waals surface area contributed by atoms with Crippen molar-refractivity contribution in [2.45, 2.75) is 129 Å². The van der Waals surface area contributed by atoms with Crippen LogP contribution < -0.4 is 26.6 Å². The normalized spacial score (nSPS) is 13.9. The van der Waals surface area contributed by atoms with Crippen LogP contribution in [0.25, 0.3) is 32.7 Å². The number of carbonyl (C=O) groups excluding carboxylic acids is 6. The second-order valence-corrected chi connectivity index (χ2v) is 20.1. The zero-order valence-electron chi connectivity index (χ0n) is 39.2. The van der Waals surface area contributed by atoms with Gasteiger partial charge >= 0.3 is 12.1 Å². The first-order chi connectivity index (χ1) is 30.2. The minimum atomic E-state index is -1.77. The maximum absolute atomic E-state index is 15.4. The summed E-state index contributed by atoms with van der Waals surface area (Å²) < 4.78 is 10.9. The van der Waals surface area contributed by atoms with Crippen molar-refractivity contribution in [3.63, 3.8) is 0 Å². The van der Waals surface area contributed by atoms with E-state index >= 15 is 4.79 Å². The van der Waals surface area contributed by atoms with Gasteiger partial charge in [0.05, 0.1) is 0 Å². The Morgan fingerprint density at radius 3 is 1.46 bits per heavy atom. The molecule has 0 atom stereocenters. The lowest BCUT2D eigenvalue weighted by molar-refractivity contribution is -0.163. The van der Waals surface area contributed by atoms with Crippen LogP contribution in [-0.4, -0.2) is 69.0 Å². The van der Waals surface area contributed by atoms with Crippen LogP contribution in [0.2, 0.25) is 0 Å². The van der Waals surface area contributed by atoms with Gasteiger partial charge in [-0.15, -0.1) is 0 Å². The zero-order valence-corrected chi connectivity index (χ0v) is 39.2. The van der Waals surface area contributed by atoms with Crippen LogP contribution in [0.1, 0.15) is 92.9 Å². The molecule has 342 valence electrons. The highest BCUT2D eigenvalue weighted by molar-refractivity contribution is 6.10. The molecule has 5 N–H and O–H groups in total. The van der Waals surface area contributed by atoms with Crippen molar-refractivity contribution in [2.75, 3.05) is 0 Å². The molecule has 5 aromatic rings. The van der Waals surface area contributed by atoms with Crippen LogP contribution in [-0.2, 0) is 52.9 Å². The van der Waals surface area contributed by atoms with E-state index in [0.717, 1.165) is 49.4 Å². The monoisotopic (exact) mass is 883 g/mol. The van der Waals surface area contributed by atoms with Gasteiger partial charge in [0, 0.05) is 12.8 Å². The lowest BCUT2D eigenvalue weighted by Crippen LogP contribution is -2.71. The van der Waals surface area contributed by atoms with E-state index < -0.39 is 69.0 Å². The Kier molecular flexibility index (Phi) is 13.0. The molecule has 0 bridgehead atoms. The third-order valence-corrected chi connectivity index (χ3v) is 11.6. The number of alkyl carbamates (subject to hydrolysis) is 1. The SMILES string of the molecule is CC(C)(C)OC(=O)C(C)(C)NC(=O)C(C)(C)NC(=O)C1(NC(=O)C(C)(C)NC(=O)C(C)(C)NC(=O)OCc2ccccc2)Cc2ccc3ccccc3c2-c2c(ccc3ccccc23)C1. The Labute approximate surface area is 380 Å². The van der Waals surface area contributed by atoms with Crippen LogP contribution >= 0.6 is 0 Å². The Balaban J connectivity index is 1.38. The maximum atomic E-state index is 15.4. The number of fused-ring (bicyclic) bond motifs is 7. The van der Waals surface area contributed by atoms with Crippen molar-refractivity contribution in [1.82, 2.24) is 26.6 Å². The van der Waals surface area contributed by atoms with Crippen molar-refractivity contribution >= 4 is 57.2 Å². The number of carbonyl (C=O) groups is 6. The Hall–Kier alpha value is -6.76. The fourth-order valence-corrected chi connectivity index (χ4v) is 7.84. The van der Waals surface area contributed by atoms with Gasteiger partial charge in [-0.05, 0) is 126 Å². The molecule has 5 amide bonds. The first-order valence-corrected chi connectivity index (χ1v) is 21.8. The summed E-state index contributed by atoms with van der Waals surface area (Å²) in [5.41, 5.74) is -4.76. The minimum Gasteiger partial charge on any atom is -0.458 e. The molecule has 13 nitrogen and oxygen atoms in total. The number of hydrogen-bond acceptors (Lipinski definition) is 8. The molecular weight excluding hydrogens is 823 g/mol. The van der Waals surface area contributed by atoms with Gasteiger partial charge in [-0.25, -0.2) is 9.59 Å². The van der Waals surface area contributed by atoms with Crippen LogP contribution in [0.15, 0.2) is 103 Å². The van der Waals surface area contributed by atoms with Gasteiger partial charge in [-0.3, -0.25) is 19.2 Å². The topological polar surface area (TPSA) is 181 Å². The number of amides is 5. The number of benzene rings is 5. The van der Waals surface area contributed by atoms with Crippen LogP contribution in [0, 0.1) is 0 Å². The third-order valence-electron chi connectivity index (χ3n) is 11.6. The van der Waals surface area contributed by atoms with Crippen molar-refractivity contribution in [3.05, 3.63) is 120 Å². The van der Waals surface area contributed by atoms with Gasteiger partial charge in [0.2, 0.25) is 23.6 Å². The summed E-state index contributed by atoms with van der Waals surface area (Å²) in [5.74, 6) is -3.39. The van der Waals surface area contributed by atoms with E-state index in [2.05, 4.69) is 26.6 Å². The summed E-state index contributed by atoms with van der Waals surface area (Å²) in [4.78, 5) is 84.3. The molecule has 65 heavy (non-hydrogen) atoms. The molecular formula is C52H61N5O8. The first-order valence-electron chi connectivity index (χ1n) is 21.8. The molecule has 0 unspecified atom stereocenters. The average molecular weight is 884 g/mol. The Morgan fingerprint density at radius 1 is 0.508 bits per heavy atom. The first kappa shape index (κ1) is 47.7. The molecule has 0 saturated carbocycles. The van der Waals surface area contributed by atoms with Gasteiger partial charge in [0.1, 0.15) is 39.9 Å². The average Bonchev–Trinajstić information content (AvgIpc) is 3.37. The van der Waals surface area contributed by atoms with E-state index in [1.54, 1.807) is 32.9 Å². The summed E-state index contributed by atoms with van der Waals surface area (Å²) in [5, 5.41) is 18.0. The lowest BCUT2D eigenvalue weighted by Gasteiger charge is -2.40. The summed E-state index contributed by atoms with van der Waals surface area (Å²) >= 11 is 0. The highest BCUT2D eigenvalue weighted by Crippen LogP contribution is 2.44. The summed E-state index contributed by atoms with van der Waals surface area (Å²) in [7, 11) is 0. The smallest absolute Gasteiger partial charge is 0.408 e. The van der Waals surface area contributed by atoms with E-state index in [0.29, 0.717) is 0 Å². The molecule has 5 aromatic carbocycles. The number of rotatable bonds is 12. The number of ether oxygens (including phenoxy) is 2. The highest BCUT2D eigenvalue weighted by atomic mass is 16.6. The van der Waals surface area contributed by atoms with E-state index in [4.69, 9.17) is 9.47 Å². The maximum Gasteiger partial charge on any atom is 0.408 e. The molecule has 1 aliphatic carbocycles. The molecule has 0 heterocycles. The molecule has 1 aliphatic rings. The van der Waals surface area contributed by atoms with Gasteiger partial charge < -0.3 is 36.1 Å². The quantitative estimate of drug-likeness (QED) is 0.0807. The second-order valence-electron chi connectivity index (χ2n) is 20.1. The third kappa shape index (κ3) is 10.6. The predicted molar refractivity (Wildman–Crippen MR) is 252 cm³/mol. The number of hydrogen-bond donors (Lipinski definition) is 5. The molecule has 0 aromatic heterocycles. The van der Waals surface area contributed by atoms with Crippen molar-refractivity contribution < 1.29 is 38.2 Å². The minimum absolute atomic E-state index is 0.0137. The fraction of sp³-hybridized carbons (Fsp3) is 0.385. The largest absolute Gasteiger partial charge is 0.458 e. The molecule has 0 spiro atoms. The van der Waals surface area contributed by atoms with Crippen molar-refractivity contribution in [1.29, 1.82) is 0 Å². The predicted octanol–water partition coefficient (Wildman–Crippen LogP) is 7.34. The second kappa shape index (κ2) is 17.7. The van der Waals surface area contributed by atoms with Gasteiger partial charge in [0.25, 0.3) is 0 Å². The summed E-state index contributed by atoms with van der Waals surface area (Å²) in [6.07, 6.45) is -0.859.